The zero-order chi connectivity index (χ0) is 20.1. The first-order chi connectivity index (χ1) is 13.4. The van der Waals surface area contributed by atoms with E-state index in [-0.39, 0.29) is 5.91 Å². The number of thiophene rings is 1. The topological polar surface area (TPSA) is 42.4 Å². The van der Waals surface area contributed by atoms with E-state index in [4.69, 9.17) is 9.72 Å². The van der Waals surface area contributed by atoms with Crippen LogP contribution < -0.4 is 4.74 Å². The second-order valence-corrected chi connectivity index (χ2v) is 9.17. The fourth-order valence-corrected chi connectivity index (χ4v) is 4.31. The molecule has 0 N–H and O–H groups in total. The number of benzene rings is 1. The molecule has 2 aromatic heterocycles. The smallest absolute Gasteiger partial charge is 0.264 e. The SMILES string of the molecule is Cc1cccc(OCc2nc(CN(CC(C)C)C(=O)c3cccs3)cs2)c1C. The summed E-state index contributed by atoms with van der Waals surface area (Å²) < 4.78 is 5.96. The molecule has 0 aliphatic carbocycles. The number of nitrogens with zero attached hydrogens (tertiary/aromatic N) is 2. The van der Waals surface area contributed by atoms with Gasteiger partial charge in [-0.05, 0) is 48.4 Å². The van der Waals surface area contributed by atoms with Crippen LogP contribution in [-0.2, 0) is 13.2 Å². The Morgan fingerprint density at radius 2 is 2.00 bits per heavy atom. The number of carbonyl (C=O) groups excluding carboxylic acids is 1. The van der Waals surface area contributed by atoms with Crippen molar-refractivity contribution in [3.05, 3.63) is 67.8 Å². The van der Waals surface area contributed by atoms with E-state index in [0.29, 0.717) is 25.6 Å². The van der Waals surface area contributed by atoms with Gasteiger partial charge in [0.05, 0.1) is 17.1 Å². The quantitative estimate of drug-likeness (QED) is 0.475. The van der Waals surface area contributed by atoms with Crippen LogP contribution >= 0.6 is 22.7 Å². The normalized spacial score (nSPS) is 11.0. The van der Waals surface area contributed by atoms with Gasteiger partial charge in [-0.3, -0.25) is 4.79 Å². The molecule has 3 rings (SSSR count). The number of ether oxygens (including phenoxy) is 1. The maximum absolute atomic E-state index is 12.8. The van der Waals surface area contributed by atoms with Gasteiger partial charge >= 0.3 is 0 Å². The largest absolute Gasteiger partial charge is 0.486 e. The lowest BCUT2D eigenvalue weighted by Crippen LogP contribution is -2.33. The number of carbonyl (C=O) groups is 1. The highest BCUT2D eigenvalue weighted by molar-refractivity contribution is 7.12. The molecule has 2 heterocycles. The van der Waals surface area contributed by atoms with E-state index in [1.165, 1.54) is 16.9 Å². The Hall–Kier alpha value is -2.18. The molecule has 148 valence electrons. The summed E-state index contributed by atoms with van der Waals surface area (Å²) in [4.78, 5) is 20.2. The highest BCUT2D eigenvalue weighted by atomic mass is 32.1. The Bertz CT molecular complexity index is 917. The fourth-order valence-electron chi connectivity index (χ4n) is 2.92. The third-order valence-electron chi connectivity index (χ3n) is 4.46. The van der Waals surface area contributed by atoms with Crippen LogP contribution in [0.2, 0.25) is 0 Å². The van der Waals surface area contributed by atoms with E-state index in [1.807, 2.05) is 39.9 Å². The molecule has 0 unspecified atom stereocenters. The van der Waals surface area contributed by atoms with Crippen LogP contribution in [0.25, 0.3) is 0 Å². The first kappa shape index (κ1) is 20.6. The van der Waals surface area contributed by atoms with Crippen molar-refractivity contribution in [1.82, 2.24) is 9.88 Å². The van der Waals surface area contributed by atoms with Crippen molar-refractivity contribution in [2.45, 2.75) is 40.8 Å². The summed E-state index contributed by atoms with van der Waals surface area (Å²) in [6, 6.07) is 9.87. The molecule has 6 heteroatoms. The van der Waals surface area contributed by atoms with Crippen molar-refractivity contribution in [1.29, 1.82) is 0 Å². The second-order valence-electron chi connectivity index (χ2n) is 7.28. The predicted molar refractivity (Wildman–Crippen MR) is 116 cm³/mol. The number of amides is 1. The first-order valence-electron chi connectivity index (χ1n) is 9.39. The Morgan fingerprint density at radius 3 is 2.71 bits per heavy atom. The van der Waals surface area contributed by atoms with E-state index in [9.17, 15) is 4.79 Å². The number of hydrogen-bond donors (Lipinski definition) is 0. The minimum absolute atomic E-state index is 0.0740. The van der Waals surface area contributed by atoms with Crippen molar-refractivity contribution in [2.24, 2.45) is 5.92 Å². The molecule has 0 aliphatic heterocycles. The molecule has 1 aromatic carbocycles. The average molecular weight is 415 g/mol. The van der Waals surface area contributed by atoms with Crippen molar-refractivity contribution in [2.75, 3.05) is 6.54 Å². The average Bonchev–Trinajstić information content (AvgIpc) is 3.33. The lowest BCUT2D eigenvalue weighted by Gasteiger charge is -2.23. The molecule has 28 heavy (non-hydrogen) atoms. The van der Waals surface area contributed by atoms with Gasteiger partial charge in [0, 0.05) is 11.9 Å². The Balaban J connectivity index is 1.66. The van der Waals surface area contributed by atoms with Gasteiger partial charge in [-0.2, -0.15) is 0 Å². The van der Waals surface area contributed by atoms with Gasteiger partial charge in [0.25, 0.3) is 5.91 Å². The summed E-state index contributed by atoms with van der Waals surface area (Å²) in [5.74, 6) is 1.37. The van der Waals surface area contributed by atoms with Crippen LogP contribution in [0.4, 0.5) is 0 Å². The van der Waals surface area contributed by atoms with Crippen LogP contribution in [0.5, 0.6) is 5.75 Å². The fraction of sp³-hybridized carbons (Fsp3) is 0.364. The van der Waals surface area contributed by atoms with Gasteiger partial charge < -0.3 is 9.64 Å². The van der Waals surface area contributed by atoms with Crippen LogP contribution in [0.3, 0.4) is 0 Å². The molecule has 0 saturated heterocycles. The molecular formula is C22H26N2O2S2. The minimum Gasteiger partial charge on any atom is -0.486 e. The summed E-state index contributed by atoms with van der Waals surface area (Å²) in [6.45, 7) is 10.1. The third kappa shape index (κ3) is 5.20. The van der Waals surface area contributed by atoms with Gasteiger partial charge in [0.15, 0.2) is 0 Å². The van der Waals surface area contributed by atoms with E-state index < -0.39 is 0 Å². The Labute approximate surface area is 174 Å². The van der Waals surface area contributed by atoms with Gasteiger partial charge in [0.1, 0.15) is 17.4 Å². The van der Waals surface area contributed by atoms with Crippen LogP contribution in [-0.4, -0.2) is 22.3 Å². The summed E-state index contributed by atoms with van der Waals surface area (Å²) in [5, 5.41) is 4.88. The van der Waals surface area contributed by atoms with E-state index >= 15 is 0 Å². The molecule has 0 spiro atoms. The molecule has 3 aromatic rings. The highest BCUT2D eigenvalue weighted by Crippen LogP contribution is 2.23. The lowest BCUT2D eigenvalue weighted by atomic mass is 10.1. The zero-order valence-electron chi connectivity index (χ0n) is 16.8. The number of aryl methyl sites for hydroxylation is 1. The maximum atomic E-state index is 12.8. The van der Waals surface area contributed by atoms with E-state index in [0.717, 1.165) is 26.9 Å². The standard InChI is InChI=1S/C22H26N2O2S2/c1-15(2)11-24(22(25)20-9-6-10-27-20)12-18-14-28-21(23-18)13-26-19-8-5-7-16(3)17(19)4/h5-10,14-15H,11-13H2,1-4H3. The monoisotopic (exact) mass is 414 g/mol. The van der Waals surface area contributed by atoms with Gasteiger partial charge in [-0.25, -0.2) is 4.98 Å². The minimum atomic E-state index is 0.0740. The molecule has 0 bridgehead atoms. The van der Waals surface area contributed by atoms with Gasteiger partial charge in [0.2, 0.25) is 0 Å². The first-order valence-corrected chi connectivity index (χ1v) is 11.1. The van der Waals surface area contributed by atoms with Crippen molar-refractivity contribution >= 4 is 28.6 Å². The number of aromatic nitrogens is 1. The zero-order valence-corrected chi connectivity index (χ0v) is 18.4. The number of rotatable bonds is 8. The molecule has 0 aliphatic rings. The van der Waals surface area contributed by atoms with E-state index in [1.54, 1.807) is 11.3 Å². The maximum Gasteiger partial charge on any atom is 0.264 e. The Morgan fingerprint density at radius 1 is 1.18 bits per heavy atom. The van der Waals surface area contributed by atoms with Crippen LogP contribution in [0.15, 0.2) is 41.1 Å². The molecule has 1 amide bonds. The molecule has 0 fully saturated rings. The molecule has 0 saturated carbocycles. The third-order valence-corrected chi connectivity index (χ3v) is 6.19. The van der Waals surface area contributed by atoms with Crippen LogP contribution in [0, 0.1) is 19.8 Å². The van der Waals surface area contributed by atoms with Gasteiger partial charge in [-0.1, -0.05) is 32.0 Å². The van der Waals surface area contributed by atoms with E-state index in [2.05, 4.69) is 33.8 Å². The molecule has 0 atom stereocenters. The number of thiazole rings is 1. The molecule has 4 nitrogen and oxygen atoms in total. The van der Waals surface area contributed by atoms with Gasteiger partial charge in [-0.15, -0.1) is 22.7 Å². The summed E-state index contributed by atoms with van der Waals surface area (Å²) in [5.41, 5.74) is 3.28. The van der Waals surface area contributed by atoms with Crippen molar-refractivity contribution in [3.63, 3.8) is 0 Å². The predicted octanol–water partition coefficient (Wildman–Crippen LogP) is 5.70. The Kier molecular flexibility index (Phi) is 6.86. The summed E-state index contributed by atoms with van der Waals surface area (Å²) in [6.07, 6.45) is 0. The van der Waals surface area contributed by atoms with Crippen LogP contribution in [0.1, 0.15) is 45.3 Å². The second kappa shape index (κ2) is 9.34. The number of hydrogen-bond acceptors (Lipinski definition) is 5. The molecule has 0 radical (unpaired) electrons. The summed E-state index contributed by atoms with van der Waals surface area (Å²) >= 11 is 3.06. The van der Waals surface area contributed by atoms with Crippen molar-refractivity contribution in [3.8, 4) is 5.75 Å². The highest BCUT2D eigenvalue weighted by Gasteiger charge is 2.19. The summed E-state index contributed by atoms with van der Waals surface area (Å²) in [7, 11) is 0. The van der Waals surface area contributed by atoms with Crippen molar-refractivity contribution < 1.29 is 9.53 Å². The lowest BCUT2D eigenvalue weighted by molar-refractivity contribution is 0.0725. The molecular weight excluding hydrogens is 388 g/mol.